The minimum absolute atomic E-state index is 0.0331. The molecule has 1 aromatic carbocycles. The molecule has 5 nitrogen and oxygen atoms in total. The molecule has 134 valence electrons. The zero-order chi connectivity index (χ0) is 18.1. The number of rotatable bonds is 3. The van der Waals surface area contributed by atoms with Gasteiger partial charge in [0.25, 0.3) is 5.91 Å². The van der Waals surface area contributed by atoms with Crippen LogP contribution in [0.1, 0.15) is 53.2 Å². The van der Waals surface area contributed by atoms with Crippen molar-refractivity contribution in [1.82, 2.24) is 15.0 Å². The third-order valence-corrected chi connectivity index (χ3v) is 5.33. The molecule has 0 radical (unpaired) electrons. The van der Waals surface area contributed by atoms with Gasteiger partial charge in [0.15, 0.2) is 5.69 Å². The summed E-state index contributed by atoms with van der Waals surface area (Å²) in [6, 6.07) is 10.3. The number of nitrogens with zero attached hydrogens (tertiary/aromatic N) is 3. The molecule has 2 aromatic heterocycles. The van der Waals surface area contributed by atoms with Crippen molar-refractivity contribution in [1.29, 1.82) is 0 Å². The SMILES string of the molecule is CCc1cc(C(=O)N2CCC(c3cc4c(C)cccc4cn3)CC2)no1. The van der Waals surface area contributed by atoms with Gasteiger partial charge in [-0.2, -0.15) is 0 Å². The molecule has 4 rings (SSSR count). The van der Waals surface area contributed by atoms with Crippen molar-refractivity contribution in [2.75, 3.05) is 13.1 Å². The van der Waals surface area contributed by atoms with Crippen LogP contribution in [0.25, 0.3) is 10.8 Å². The van der Waals surface area contributed by atoms with Crippen LogP contribution in [0.4, 0.5) is 0 Å². The molecule has 0 N–H and O–H groups in total. The Morgan fingerprint density at radius 1 is 1.27 bits per heavy atom. The summed E-state index contributed by atoms with van der Waals surface area (Å²) in [5.74, 6) is 1.11. The second-order valence-electron chi connectivity index (χ2n) is 7.00. The molecule has 0 spiro atoms. The third-order valence-electron chi connectivity index (χ3n) is 5.33. The summed E-state index contributed by atoms with van der Waals surface area (Å²) in [6.07, 6.45) is 4.56. The first-order valence-corrected chi connectivity index (χ1v) is 9.26. The van der Waals surface area contributed by atoms with Crippen molar-refractivity contribution in [3.05, 3.63) is 59.2 Å². The number of amides is 1. The molecule has 0 atom stereocenters. The Bertz CT molecular complexity index is 939. The number of aromatic nitrogens is 2. The molecule has 0 saturated carbocycles. The second kappa shape index (κ2) is 6.90. The van der Waals surface area contributed by atoms with Crippen LogP contribution >= 0.6 is 0 Å². The Labute approximate surface area is 153 Å². The van der Waals surface area contributed by atoms with E-state index in [-0.39, 0.29) is 5.91 Å². The lowest BCUT2D eigenvalue weighted by Gasteiger charge is -2.31. The predicted octanol–water partition coefficient (Wildman–Crippen LogP) is 4.11. The summed E-state index contributed by atoms with van der Waals surface area (Å²) in [4.78, 5) is 19.1. The summed E-state index contributed by atoms with van der Waals surface area (Å²) < 4.78 is 5.16. The average molecular weight is 349 g/mol. The maximum atomic E-state index is 12.6. The molecule has 26 heavy (non-hydrogen) atoms. The number of fused-ring (bicyclic) bond motifs is 1. The third kappa shape index (κ3) is 3.09. The van der Waals surface area contributed by atoms with E-state index in [2.05, 4.69) is 41.3 Å². The Morgan fingerprint density at radius 3 is 2.81 bits per heavy atom. The van der Waals surface area contributed by atoms with Gasteiger partial charge in [-0.3, -0.25) is 9.78 Å². The lowest BCUT2D eigenvalue weighted by molar-refractivity contribution is 0.0701. The van der Waals surface area contributed by atoms with Crippen LogP contribution in [0, 0.1) is 6.92 Å². The van der Waals surface area contributed by atoms with Crippen molar-refractivity contribution < 1.29 is 9.32 Å². The highest BCUT2D eigenvalue weighted by Gasteiger charge is 2.27. The van der Waals surface area contributed by atoms with E-state index in [4.69, 9.17) is 4.52 Å². The van der Waals surface area contributed by atoms with Crippen molar-refractivity contribution in [2.24, 2.45) is 0 Å². The van der Waals surface area contributed by atoms with E-state index in [1.165, 1.54) is 16.3 Å². The smallest absolute Gasteiger partial charge is 0.276 e. The number of carbonyl (C=O) groups is 1. The topological polar surface area (TPSA) is 59.2 Å². The van der Waals surface area contributed by atoms with Crippen LogP contribution in [0.3, 0.4) is 0 Å². The van der Waals surface area contributed by atoms with E-state index in [0.29, 0.717) is 11.6 Å². The minimum Gasteiger partial charge on any atom is -0.361 e. The highest BCUT2D eigenvalue weighted by atomic mass is 16.5. The second-order valence-corrected chi connectivity index (χ2v) is 7.00. The predicted molar refractivity (Wildman–Crippen MR) is 100 cm³/mol. The number of likely N-dealkylation sites (tertiary alicyclic amines) is 1. The van der Waals surface area contributed by atoms with Crippen LogP contribution in [-0.4, -0.2) is 34.0 Å². The first-order chi connectivity index (χ1) is 12.7. The fourth-order valence-corrected chi connectivity index (χ4v) is 3.69. The average Bonchev–Trinajstić information content (AvgIpc) is 3.17. The highest BCUT2D eigenvalue weighted by Crippen LogP contribution is 2.30. The highest BCUT2D eigenvalue weighted by molar-refractivity contribution is 5.92. The normalized spacial score (nSPS) is 15.5. The molecule has 5 heteroatoms. The Hall–Kier alpha value is -2.69. The number of carbonyl (C=O) groups excluding carboxylic acids is 1. The molecule has 3 aromatic rings. The molecule has 1 amide bonds. The fraction of sp³-hybridized carbons (Fsp3) is 0.381. The van der Waals surface area contributed by atoms with Gasteiger partial charge < -0.3 is 9.42 Å². The van der Waals surface area contributed by atoms with Gasteiger partial charge in [0.2, 0.25) is 0 Å². The number of benzene rings is 1. The number of hydrogen-bond donors (Lipinski definition) is 0. The van der Waals surface area contributed by atoms with Gasteiger partial charge in [-0.15, -0.1) is 0 Å². The lowest BCUT2D eigenvalue weighted by atomic mass is 9.91. The van der Waals surface area contributed by atoms with E-state index in [0.717, 1.165) is 43.8 Å². The van der Waals surface area contributed by atoms with Crippen LogP contribution in [0.15, 0.2) is 41.1 Å². The first-order valence-electron chi connectivity index (χ1n) is 9.26. The van der Waals surface area contributed by atoms with Crippen LogP contribution in [-0.2, 0) is 6.42 Å². The minimum atomic E-state index is -0.0331. The van der Waals surface area contributed by atoms with Crippen LogP contribution < -0.4 is 0 Å². The molecule has 0 aliphatic carbocycles. The van der Waals surface area contributed by atoms with Gasteiger partial charge >= 0.3 is 0 Å². The van der Waals surface area contributed by atoms with E-state index in [9.17, 15) is 4.79 Å². The largest absolute Gasteiger partial charge is 0.361 e. The first kappa shape index (κ1) is 16.8. The summed E-state index contributed by atoms with van der Waals surface area (Å²) in [5, 5.41) is 6.35. The quantitative estimate of drug-likeness (QED) is 0.714. The number of aryl methyl sites for hydroxylation is 2. The van der Waals surface area contributed by atoms with Crippen molar-refractivity contribution >= 4 is 16.7 Å². The van der Waals surface area contributed by atoms with Crippen LogP contribution in [0.5, 0.6) is 0 Å². The molecule has 0 unspecified atom stereocenters. The number of pyridine rings is 1. The zero-order valence-corrected chi connectivity index (χ0v) is 15.2. The van der Waals surface area contributed by atoms with Gasteiger partial charge in [-0.05, 0) is 36.8 Å². The van der Waals surface area contributed by atoms with Crippen molar-refractivity contribution in [2.45, 2.75) is 39.0 Å². The van der Waals surface area contributed by atoms with Gasteiger partial charge in [0.05, 0.1) is 0 Å². The molecular weight excluding hydrogens is 326 g/mol. The Balaban J connectivity index is 1.46. The Morgan fingerprint density at radius 2 is 2.08 bits per heavy atom. The maximum absolute atomic E-state index is 12.6. The molecule has 1 aliphatic rings. The van der Waals surface area contributed by atoms with E-state index >= 15 is 0 Å². The van der Waals surface area contributed by atoms with Gasteiger partial charge in [-0.1, -0.05) is 30.3 Å². The van der Waals surface area contributed by atoms with Crippen molar-refractivity contribution in [3.8, 4) is 0 Å². The molecule has 1 aliphatic heterocycles. The molecule has 1 saturated heterocycles. The summed E-state index contributed by atoms with van der Waals surface area (Å²) in [6.45, 7) is 5.57. The summed E-state index contributed by atoms with van der Waals surface area (Å²) in [7, 11) is 0. The van der Waals surface area contributed by atoms with E-state index in [1.54, 1.807) is 6.07 Å². The van der Waals surface area contributed by atoms with Crippen molar-refractivity contribution in [3.63, 3.8) is 0 Å². The summed E-state index contributed by atoms with van der Waals surface area (Å²) in [5.41, 5.74) is 2.82. The van der Waals surface area contributed by atoms with Crippen LogP contribution in [0.2, 0.25) is 0 Å². The maximum Gasteiger partial charge on any atom is 0.276 e. The van der Waals surface area contributed by atoms with Gasteiger partial charge in [0.1, 0.15) is 5.76 Å². The monoisotopic (exact) mass is 349 g/mol. The van der Waals surface area contributed by atoms with E-state index < -0.39 is 0 Å². The van der Waals surface area contributed by atoms with Gasteiger partial charge in [0, 0.05) is 48.8 Å². The molecule has 3 heterocycles. The molecular formula is C21H23N3O2. The number of piperidine rings is 1. The standard InChI is InChI=1S/C21H23N3O2/c1-3-17-11-20(23-26-17)21(25)24-9-7-15(8-10-24)19-12-18-14(2)5-4-6-16(18)13-22-19/h4-6,11-13,15H,3,7-10H2,1-2H3. The fourth-order valence-electron chi connectivity index (χ4n) is 3.69. The number of hydrogen-bond acceptors (Lipinski definition) is 4. The molecule has 0 bridgehead atoms. The van der Waals surface area contributed by atoms with Gasteiger partial charge in [-0.25, -0.2) is 0 Å². The zero-order valence-electron chi connectivity index (χ0n) is 15.2. The lowest BCUT2D eigenvalue weighted by Crippen LogP contribution is -2.38. The molecule has 1 fully saturated rings. The Kier molecular flexibility index (Phi) is 4.45. The summed E-state index contributed by atoms with van der Waals surface area (Å²) >= 11 is 0. The van der Waals surface area contributed by atoms with E-state index in [1.807, 2.05) is 18.0 Å².